The van der Waals surface area contributed by atoms with Crippen molar-refractivity contribution < 1.29 is 4.74 Å². The zero-order valence-electron chi connectivity index (χ0n) is 10.4. The van der Waals surface area contributed by atoms with Crippen molar-refractivity contribution in [2.24, 2.45) is 0 Å². The molecule has 1 aromatic carbocycles. The topological polar surface area (TPSA) is 9.23 Å². The number of ether oxygens (including phenoxy) is 1. The van der Waals surface area contributed by atoms with Crippen LogP contribution in [0.4, 0.5) is 0 Å². The van der Waals surface area contributed by atoms with Crippen LogP contribution in [-0.4, -0.2) is 13.2 Å². The summed E-state index contributed by atoms with van der Waals surface area (Å²) in [5, 5.41) is 0. The molecule has 0 amide bonds. The van der Waals surface area contributed by atoms with Gasteiger partial charge in [-0.05, 0) is 31.9 Å². The zero-order valence-corrected chi connectivity index (χ0v) is 10.4. The van der Waals surface area contributed by atoms with Crippen LogP contribution in [0.25, 0.3) is 6.08 Å². The van der Waals surface area contributed by atoms with E-state index in [1.54, 1.807) is 0 Å². The Labute approximate surface area is 98.5 Å². The maximum absolute atomic E-state index is 5.48. The number of aryl methyl sites for hydroxylation is 1. The average molecular weight is 216 g/mol. The SMILES string of the molecule is C=C(C)COCC(C)=Cc1ccc(C)cc1. The van der Waals surface area contributed by atoms with Crippen LogP contribution in [0.5, 0.6) is 0 Å². The zero-order chi connectivity index (χ0) is 12.0. The number of benzene rings is 1. The van der Waals surface area contributed by atoms with Crippen molar-refractivity contribution in [1.82, 2.24) is 0 Å². The average Bonchev–Trinajstić information content (AvgIpc) is 2.21. The van der Waals surface area contributed by atoms with Crippen LogP contribution >= 0.6 is 0 Å². The second-order valence-corrected chi connectivity index (χ2v) is 4.35. The Morgan fingerprint density at radius 1 is 1.19 bits per heavy atom. The fraction of sp³-hybridized carbons (Fsp3) is 0.333. The maximum Gasteiger partial charge on any atom is 0.0681 e. The highest BCUT2D eigenvalue weighted by atomic mass is 16.5. The smallest absolute Gasteiger partial charge is 0.0681 e. The highest BCUT2D eigenvalue weighted by molar-refractivity contribution is 5.52. The molecule has 0 fully saturated rings. The number of hydrogen-bond acceptors (Lipinski definition) is 1. The van der Waals surface area contributed by atoms with Crippen molar-refractivity contribution in [3.8, 4) is 0 Å². The number of rotatable bonds is 5. The Kier molecular flexibility index (Phi) is 5.00. The van der Waals surface area contributed by atoms with Gasteiger partial charge in [-0.1, -0.05) is 48.1 Å². The van der Waals surface area contributed by atoms with Gasteiger partial charge in [0.25, 0.3) is 0 Å². The van der Waals surface area contributed by atoms with Crippen LogP contribution in [0.1, 0.15) is 25.0 Å². The molecule has 0 saturated heterocycles. The molecule has 86 valence electrons. The molecule has 0 aliphatic rings. The summed E-state index contributed by atoms with van der Waals surface area (Å²) >= 11 is 0. The molecule has 0 aliphatic carbocycles. The van der Waals surface area contributed by atoms with Gasteiger partial charge in [-0.2, -0.15) is 0 Å². The number of hydrogen-bond donors (Lipinski definition) is 0. The summed E-state index contributed by atoms with van der Waals surface area (Å²) in [6, 6.07) is 8.48. The fourth-order valence-corrected chi connectivity index (χ4v) is 1.38. The van der Waals surface area contributed by atoms with Crippen LogP contribution in [0.15, 0.2) is 42.0 Å². The molecule has 0 aromatic heterocycles. The largest absolute Gasteiger partial charge is 0.373 e. The quantitative estimate of drug-likeness (QED) is 0.676. The van der Waals surface area contributed by atoms with Gasteiger partial charge in [0.1, 0.15) is 0 Å². The first-order valence-electron chi connectivity index (χ1n) is 5.54. The molecule has 0 saturated carbocycles. The first-order chi connectivity index (χ1) is 7.58. The Morgan fingerprint density at radius 2 is 1.81 bits per heavy atom. The molecule has 0 radical (unpaired) electrons. The summed E-state index contributed by atoms with van der Waals surface area (Å²) in [4.78, 5) is 0. The fourth-order valence-electron chi connectivity index (χ4n) is 1.38. The summed E-state index contributed by atoms with van der Waals surface area (Å²) in [6.45, 7) is 11.3. The lowest BCUT2D eigenvalue weighted by atomic mass is 10.1. The van der Waals surface area contributed by atoms with Crippen molar-refractivity contribution in [2.75, 3.05) is 13.2 Å². The molecule has 0 heterocycles. The van der Waals surface area contributed by atoms with Gasteiger partial charge < -0.3 is 4.74 Å². The van der Waals surface area contributed by atoms with E-state index in [-0.39, 0.29) is 0 Å². The van der Waals surface area contributed by atoms with Gasteiger partial charge in [0.05, 0.1) is 13.2 Å². The van der Waals surface area contributed by atoms with Crippen molar-refractivity contribution >= 4 is 6.08 Å². The van der Waals surface area contributed by atoms with E-state index in [9.17, 15) is 0 Å². The van der Waals surface area contributed by atoms with E-state index in [0.717, 1.165) is 5.57 Å². The summed E-state index contributed by atoms with van der Waals surface area (Å²) < 4.78 is 5.48. The van der Waals surface area contributed by atoms with E-state index in [4.69, 9.17) is 4.74 Å². The minimum atomic E-state index is 0.638. The predicted molar refractivity (Wildman–Crippen MR) is 70.5 cm³/mol. The first-order valence-corrected chi connectivity index (χ1v) is 5.54. The molecule has 0 bridgehead atoms. The summed E-state index contributed by atoms with van der Waals surface area (Å²) in [5.74, 6) is 0. The molecule has 1 aromatic rings. The molecule has 0 unspecified atom stereocenters. The molecular formula is C15H20O. The van der Waals surface area contributed by atoms with E-state index in [1.807, 2.05) is 6.92 Å². The Balaban J connectivity index is 2.49. The summed E-state index contributed by atoms with van der Waals surface area (Å²) in [6.07, 6.45) is 2.15. The highest BCUT2D eigenvalue weighted by Gasteiger charge is 1.93. The first kappa shape index (κ1) is 12.7. The van der Waals surface area contributed by atoms with Gasteiger partial charge in [0.2, 0.25) is 0 Å². The van der Waals surface area contributed by atoms with E-state index in [2.05, 4.69) is 50.8 Å². The van der Waals surface area contributed by atoms with Crippen molar-refractivity contribution in [3.63, 3.8) is 0 Å². The Hall–Kier alpha value is -1.34. The maximum atomic E-state index is 5.48. The van der Waals surface area contributed by atoms with Crippen molar-refractivity contribution in [1.29, 1.82) is 0 Å². The third kappa shape index (κ3) is 4.94. The molecule has 1 nitrogen and oxygen atoms in total. The Bertz CT molecular complexity index is 371. The minimum Gasteiger partial charge on any atom is -0.373 e. The molecule has 0 spiro atoms. The van der Waals surface area contributed by atoms with Gasteiger partial charge in [-0.3, -0.25) is 0 Å². The molecule has 0 N–H and O–H groups in total. The van der Waals surface area contributed by atoms with Crippen LogP contribution in [0.3, 0.4) is 0 Å². The minimum absolute atomic E-state index is 0.638. The van der Waals surface area contributed by atoms with Gasteiger partial charge in [-0.15, -0.1) is 0 Å². The van der Waals surface area contributed by atoms with Gasteiger partial charge >= 0.3 is 0 Å². The monoisotopic (exact) mass is 216 g/mol. The highest BCUT2D eigenvalue weighted by Crippen LogP contribution is 2.08. The lowest BCUT2D eigenvalue weighted by Gasteiger charge is -2.04. The van der Waals surface area contributed by atoms with Crippen LogP contribution < -0.4 is 0 Å². The lowest BCUT2D eigenvalue weighted by Crippen LogP contribution is -1.98. The summed E-state index contributed by atoms with van der Waals surface area (Å²) in [7, 11) is 0. The molecule has 1 rings (SSSR count). The third-order valence-corrected chi connectivity index (χ3v) is 2.17. The third-order valence-electron chi connectivity index (χ3n) is 2.17. The molecular weight excluding hydrogens is 196 g/mol. The van der Waals surface area contributed by atoms with Gasteiger partial charge in [-0.25, -0.2) is 0 Å². The second-order valence-electron chi connectivity index (χ2n) is 4.35. The van der Waals surface area contributed by atoms with Crippen LogP contribution in [0, 0.1) is 6.92 Å². The lowest BCUT2D eigenvalue weighted by molar-refractivity contribution is 0.181. The molecule has 0 aliphatic heterocycles. The molecule has 16 heavy (non-hydrogen) atoms. The van der Waals surface area contributed by atoms with E-state index in [1.165, 1.54) is 16.7 Å². The second kappa shape index (κ2) is 6.29. The van der Waals surface area contributed by atoms with Gasteiger partial charge in [0, 0.05) is 0 Å². The van der Waals surface area contributed by atoms with Crippen LogP contribution in [-0.2, 0) is 4.74 Å². The van der Waals surface area contributed by atoms with Crippen molar-refractivity contribution in [2.45, 2.75) is 20.8 Å². The van der Waals surface area contributed by atoms with Crippen LogP contribution in [0.2, 0.25) is 0 Å². The standard InChI is InChI=1S/C15H20O/c1-12(2)10-16-11-14(4)9-15-7-5-13(3)6-8-15/h5-9H,1,10-11H2,2-4H3. The molecule has 0 atom stereocenters. The Morgan fingerprint density at radius 3 is 2.38 bits per heavy atom. The van der Waals surface area contributed by atoms with Crippen molar-refractivity contribution in [3.05, 3.63) is 53.1 Å². The van der Waals surface area contributed by atoms with E-state index < -0.39 is 0 Å². The predicted octanol–water partition coefficient (Wildman–Crippen LogP) is 3.99. The summed E-state index contributed by atoms with van der Waals surface area (Å²) in [5.41, 5.74) is 4.79. The normalized spacial score (nSPS) is 11.6. The molecule has 1 heteroatoms. The van der Waals surface area contributed by atoms with E-state index in [0.29, 0.717) is 13.2 Å². The van der Waals surface area contributed by atoms with E-state index >= 15 is 0 Å². The van der Waals surface area contributed by atoms with Gasteiger partial charge in [0.15, 0.2) is 0 Å².